The zero-order valence-corrected chi connectivity index (χ0v) is 11.7. The molecule has 0 unspecified atom stereocenters. The Labute approximate surface area is 123 Å². The van der Waals surface area contributed by atoms with Gasteiger partial charge in [0.05, 0.1) is 0 Å². The molecule has 2 aromatic carbocycles. The van der Waals surface area contributed by atoms with Crippen molar-refractivity contribution in [3.8, 4) is 5.75 Å². The number of nitrogens with two attached hydrogens (primary N) is 1. The second-order valence-corrected chi connectivity index (χ2v) is 4.56. The summed E-state index contributed by atoms with van der Waals surface area (Å²) in [6.45, 7) is 2.24. The normalized spacial score (nSPS) is 10.0. The van der Waals surface area contributed by atoms with Crippen LogP contribution in [0, 0.1) is 12.3 Å². The summed E-state index contributed by atoms with van der Waals surface area (Å²) in [6.07, 6.45) is 0. The van der Waals surface area contributed by atoms with E-state index in [1.807, 2.05) is 48.7 Å². The second-order valence-electron chi connectivity index (χ2n) is 4.56. The minimum atomic E-state index is -0.627. The van der Waals surface area contributed by atoms with Crippen LogP contribution < -0.4 is 16.0 Å². The lowest BCUT2D eigenvalue weighted by Gasteiger charge is -2.12. The Morgan fingerprint density at radius 3 is 2.57 bits per heavy atom. The minimum Gasteiger partial charge on any atom is -0.489 e. The minimum absolute atomic E-state index is 0.179. The molecule has 0 saturated heterocycles. The van der Waals surface area contributed by atoms with Crippen LogP contribution in [0.1, 0.15) is 16.7 Å². The summed E-state index contributed by atoms with van der Waals surface area (Å²) < 4.78 is 5.77. The monoisotopic (exact) mass is 283 g/mol. The van der Waals surface area contributed by atoms with Gasteiger partial charge in [0.1, 0.15) is 18.1 Å². The number of aryl methyl sites for hydroxylation is 1. The summed E-state index contributed by atoms with van der Waals surface area (Å²) >= 11 is 0. The lowest BCUT2D eigenvalue weighted by Crippen LogP contribution is -2.36. The van der Waals surface area contributed by atoms with Crippen molar-refractivity contribution < 1.29 is 9.53 Å². The maximum atomic E-state index is 11.5. The summed E-state index contributed by atoms with van der Waals surface area (Å²) in [7, 11) is 0. The van der Waals surface area contributed by atoms with E-state index < -0.39 is 5.91 Å². The highest BCUT2D eigenvalue weighted by molar-refractivity contribution is 6.44. The Bertz CT molecular complexity index is 668. The van der Waals surface area contributed by atoms with Gasteiger partial charge in [-0.25, -0.2) is 5.84 Å². The van der Waals surface area contributed by atoms with Crippen molar-refractivity contribution in [3.05, 3.63) is 65.2 Å². The van der Waals surface area contributed by atoms with Crippen molar-refractivity contribution in [1.29, 1.82) is 5.41 Å². The van der Waals surface area contributed by atoms with Gasteiger partial charge in [0.25, 0.3) is 5.91 Å². The topological polar surface area (TPSA) is 88.2 Å². The van der Waals surface area contributed by atoms with Gasteiger partial charge >= 0.3 is 0 Å². The zero-order chi connectivity index (χ0) is 15.2. The number of nitrogens with one attached hydrogen (secondary N) is 2. The molecule has 0 aliphatic carbocycles. The van der Waals surface area contributed by atoms with Crippen LogP contribution in [0.25, 0.3) is 0 Å². The molecule has 0 atom stereocenters. The number of benzene rings is 2. The lowest BCUT2D eigenvalue weighted by atomic mass is 10.0. The molecule has 0 aliphatic rings. The molecule has 0 radical (unpaired) electrons. The van der Waals surface area contributed by atoms with Crippen LogP contribution in [-0.4, -0.2) is 11.6 Å². The van der Waals surface area contributed by atoms with E-state index in [9.17, 15) is 4.79 Å². The number of ether oxygens (including phenoxy) is 1. The van der Waals surface area contributed by atoms with Crippen LogP contribution in [0.5, 0.6) is 5.75 Å². The van der Waals surface area contributed by atoms with Crippen LogP contribution in [0.4, 0.5) is 0 Å². The molecule has 2 rings (SSSR count). The van der Waals surface area contributed by atoms with E-state index in [1.54, 1.807) is 12.1 Å². The van der Waals surface area contributed by atoms with Gasteiger partial charge in [-0.1, -0.05) is 42.5 Å². The molecule has 108 valence electrons. The van der Waals surface area contributed by atoms with E-state index in [-0.39, 0.29) is 12.3 Å². The molecule has 5 heteroatoms. The van der Waals surface area contributed by atoms with E-state index >= 15 is 0 Å². The van der Waals surface area contributed by atoms with Crippen molar-refractivity contribution in [2.24, 2.45) is 5.84 Å². The predicted octanol–water partition coefficient (Wildman–Crippen LogP) is 1.93. The molecular weight excluding hydrogens is 266 g/mol. The van der Waals surface area contributed by atoms with Crippen LogP contribution in [0.15, 0.2) is 48.5 Å². The van der Waals surface area contributed by atoms with Gasteiger partial charge in [0, 0.05) is 5.56 Å². The number of carbonyl (C=O) groups is 1. The summed E-state index contributed by atoms with van der Waals surface area (Å²) in [6, 6.07) is 14.8. The molecule has 0 bridgehead atoms. The van der Waals surface area contributed by atoms with Gasteiger partial charge in [-0.3, -0.25) is 15.6 Å². The number of carbonyl (C=O) groups excluding carboxylic acids is 1. The van der Waals surface area contributed by atoms with Gasteiger partial charge in [-0.05, 0) is 24.1 Å². The van der Waals surface area contributed by atoms with Gasteiger partial charge in [-0.15, -0.1) is 0 Å². The summed E-state index contributed by atoms with van der Waals surface area (Å²) in [5.41, 5.74) is 4.09. The molecule has 0 saturated carbocycles. The molecule has 2 aromatic rings. The number of hydrazine groups is 1. The molecule has 0 aromatic heterocycles. The highest BCUT2D eigenvalue weighted by atomic mass is 16.5. The van der Waals surface area contributed by atoms with Crippen LogP contribution in [0.3, 0.4) is 0 Å². The van der Waals surface area contributed by atoms with E-state index in [0.717, 1.165) is 16.9 Å². The van der Waals surface area contributed by atoms with Gasteiger partial charge in [0.15, 0.2) is 0 Å². The standard InChI is InChI=1S/C16H17N3O2/c1-11-6-2-5-9-14(11)21-10-12-7-3-4-8-13(12)15(17)16(20)19-18/h2-9,17H,10,18H2,1H3,(H,19,20). The largest absolute Gasteiger partial charge is 0.489 e. The average Bonchev–Trinajstić information content (AvgIpc) is 2.53. The van der Waals surface area contributed by atoms with Crippen molar-refractivity contribution in [3.63, 3.8) is 0 Å². The first-order valence-corrected chi connectivity index (χ1v) is 6.49. The molecule has 0 spiro atoms. The quantitative estimate of drug-likeness (QED) is 0.339. The van der Waals surface area contributed by atoms with Crippen molar-refractivity contribution >= 4 is 11.6 Å². The van der Waals surface area contributed by atoms with E-state index in [1.165, 1.54) is 0 Å². The fraction of sp³-hybridized carbons (Fsp3) is 0.125. The van der Waals surface area contributed by atoms with E-state index in [2.05, 4.69) is 0 Å². The molecular formula is C16H17N3O2. The summed E-state index contributed by atoms with van der Waals surface area (Å²) in [5.74, 6) is 5.23. The Hall–Kier alpha value is -2.66. The SMILES string of the molecule is Cc1ccccc1OCc1ccccc1C(=N)C(=O)NN. The van der Waals surface area contributed by atoms with Crippen molar-refractivity contribution in [1.82, 2.24) is 5.43 Å². The first kappa shape index (κ1) is 14.7. The first-order valence-electron chi connectivity index (χ1n) is 6.49. The molecule has 21 heavy (non-hydrogen) atoms. The third-order valence-corrected chi connectivity index (χ3v) is 3.12. The highest BCUT2D eigenvalue weighted by Gasteiger charge is 2.14. The highest BCUT2D eigenvalue weighted by Crippen LogP contribution is 2.19. The third-order valence-electron chi connectivity index (χ3n) is 3.12. The number of amides is 1. The van der Waals surface area contributed by atoms with Gasteiger partial charge in [0.2, 0.25) is 0 Å². The maximum Gasteiger partial charge on any atom is 0.283 e. The Balaban J connectivity index is 2.19. The average molecular weight is 283 g/mol. The van der Waals surface area contributed by atoms with E-state index in [4.69, 9.17) is 16.0 Å². The van der Waals surface area contributed by atoms with Gasteiger partial charge in [-0.2, -0.15) is 0 Å². The fourth-order valence-corrected chi connectivity index (χ4v) is 1.96. The van der Waals surface area contributed by atoms with Crippen molar-refractivity contribution in [2.45, 2.75) is 13.5 Å². The number of hydrogen-bond acceptors (Lipinski definition) is 4. The maximum absolute atomic E-state index is 11.5. The number of para-hydroxylation sites is 1. The molecule has 0 fully saturated rings. The second kappa shape index (κ2) is 6.67. The predicted molar refractivity (Wildman–Crippen MR) is 81.1 cm³/mol. The molecule has 1 amide bonds. The molecule has 0 aliphatic heterocycles. The first-order chi connectivity index (χ1) is 10.1. The van der Waals surface area contributed by atoms with E-state index in [0.29, 0.717) is 5.56 Å². The Morgan fingerprint density at radius 2 is 1.86 bits per heavy atom. The summed E-state index contributed by atoms with van der Waals surface area (Å²) in [4.78, 5) is 11.5. The molecule has 5 nitrogen and oxygen atoms in total. The Morgan fingerprint density at radius 1 is 1.19 bits per heavy atom. The lowest BCUT2D eigenvalue weighted by molar-refractivity contribution is -0.114. The molecule has 0 heterocycles. The third kappa shape index (κ3) is 3.46. The number of hydrogen-bond donors (Lipinski definition) is 3. The van der Waals surface area contributed by atoms with Crippen LogP contribution in [-0.2, 0) is 11.4 Å². The van der Waals surface area contributed by atoms with Crippen LogP contribution >= 0.6 is 0 Å². The van der Waals surface area contributed by atoms with Gasteiger partial charge < -0.3 is 4.74 Å². The molecule has 4 N–H and O–H groups in total. The Kier molecular flexibility index (Phi) is 4.68. The smallest absolute Gasteiger partial charge is 0.283 e. The fourth-order valence-electron chi connectivity index (χ4n) is 1.96. The number of rotatable bonds is 5. The zero-order valence-electron chi connectivity index (χ0n) is 11.7. The van der Waals surface area contributed by atoms with Crippen LogP contribution in [0.2, 0.25) is 0 Å². The van der Waals surface area contributed by atoms with Crippen molar-refractivity contribution in [2.75, 3.05) is 0 Å². The summed E-state index contributed by atoms with van der Waals surface area (Å²) in [5, 5.41) is 7.85.